The molecular weight excluding hydrogens is 142 g/mol. The van der Waals surface area contributed by atoms with Crippen molar-refractivity contribution in [2.75, 3.05) is 18.1 Å². The number of hydrogen-bond donors (Lipinski definition) is 2. The van der Waals surface area contributed by atoms with E-state index in [0.717, 1.165) is 0 Å². The molecule has 5 heteroatoms. The molecule has 0 unspecified atom stereocenters. The summed E-state index contributed by atoms with van der Waals surface area (Å²) in [4.78, 5) is 0. The molecule has 0 aliphatic heterocycles. The van der Waals surface area contributed by atoms with E-state index in [0.29, 0.717) is 11.4 Å². The molecule has 0 bridgehead atoms. The Morgan fingerprint density at radius 1 is 1.73 bits per heavy atom. The zero-order valence-electron chi connectivity index (χ0n) is 6.42. The third-order valence-corrected chi connectivity index (χ3v) is 1.42. The molecule has 0 saturated carbocycles. The molecule has 11 heavy (non-hydrogen) atoms. The molecule has 0 radical (unpaired) electrons. The molecule has 1 aromatic heterocycles. The van der Waals surface area contributed by atoms with E-state index in [1.165, 1.54) is 4.68 Å². The molecule has 0 aliphatic carbocycles. The predicted molar refractivity (Wildman–Crippen MR) is 41.9 cm³/mol. The number of nitriles is 1. The van der Waals surface area contributed by atoms with Crippen molar-refractivity contribution in [3.8, 4) is 6.07 Å². The van der Waals surface area contributed by atoms with Crippen LogP contribution in [0.5, 0.6) is 0 Å². The molecule has 0 aliphatic rings. The molecular formula is C6H9N5. The van der Waals surface area contributed by atoms with E-state index < -0.39 is 0 Å². The number of rotatable bonds is 1. The van der Waals surface area contributed by atoms with Crippen LogP contribution in [0.1, 0.15) is 5.56 Å². The lowest BCUT2D eigenvalue weighted by atomic mass is 10.3. The van der Waals surface area contributed by atoms with E-state index in [1.807, 2.05) is 6.07 Å². The Bertz CT molecular complexity index is 306. The lowest BCUT2D eigenvalue weighted by molar-refractivity contribution is 0.779. The number of nitrogens with one attached hydrogen (secondary N) is 1. The predicted octanol–water partition coefficient (Wildman–Crippen LogP) is -0.0843. The third-order valence-electron chi connectivity index (χ3n) is 1.42. The molecule has 1 heterocycles. The van der Waals surface area contributed by atoms with E-state index >= 15 is 0 Å². The van der Waals surface area contributed by atoms with Gasteiger partial charge in [0.25, 0.3) is 0 Å². The van der Waals surface area contributed by atoms with Gasteiger partial charge in [-0.1, -0.05) is 0 Å². The van der Waals surface area contributed by atoms with E-state index in [-0.39, 0.29) is 5.82 Å². The van der Waals surface area contributed by atoms with Crippen molar-refractivity contribution in [2.45, 2.75) is 0 Å². The second kappa shape index (κ2) is 2.50. The highest BCUT2D eigenvalue weighted by Crippen LogP contribution is 2.18. The lowest BCUT2D eigenvalue weighted by Crippen LogP contribution is -1.99. The van der Waals surface area contributed by atoms with Gasteiger partial charge in [0, 0.05) is 14.1 Å². The molecule has 0 fully saturated rings. The van der Waals surface area contributed by atoms with Gasteiger partial charge >= 0.3 is 0 Å². The van der Waals surface area contributed by atoms with Crippen molar-refractivity contribution in [2.24, 2.45) is 7.05 Å². The summed E-state index contributed by atoms with van der Waals surface area (Å²) in [6, 6.07) is 1.96. The van der Waals surface area contributed by atoms with Gasteiger partial charge < -0.3 is 11.1 Å². The molecule has 0 amide bonds. The highest BCUT2D eigenvalue weighted by atomic mass is 15.3. The zero-order valence-corrected chi connectivity index (χ0v) is 6.42. The zero-order chi connectivity index (χ0) is 8.43. The maximum atomic E-state index is 8.62. The Morgan fingerprint density at radius 3 is 2.73 bits per heavy atom. The molecule has 1 rings (SSSR count). The van der Waals surface area contributed by atoms with Crippen molar-refractivity contribution in [1.29, 1.82) is 5.26 Å². The fraction of sp³-hybridized carbons (Fsp3) is 0.333. The fourth-order valence-corrected chi connectivity index (χ4v) is 0.942. The van der Waals surface area contributed by atoms with Crippen molar-refractivity contribution in [1.82, 2.24) is 9.78 Å². The number of hydrogen-bond acceptors (Lipinski definition) is 4. The first kappa shape index (κ1) is 7.41. The topological polar surface area (TPSA) is 79.7 Å². The van der Waals surface area contributed by atoms with Gasteiger partial charge in [-0.15, -0.1) is 0 Å². The molecule has 0 spiro atoms. The summed E-state index contributed by atoms with van der Waals surface area (Å²) in [5.74, 6) is 0.907. The van der Waals surface area contributed by atoms with Crippen LogP contribution in [-0.4, -0.2) is 16.8 Å². The van der Waals surface area contributed by atoms with Crippen LogP contribution in [0.15, 0.2) is 0 Å². The smallest absolute Gasteiger partial charge is 0.165 e. The summed E-state index contributed by atoms with van der Waals surface area (Å²) in [5, 5.41) is 15.3. The molecule has 0 saturated heterocycles. The van der Waals surface area contributed by atoms with Gasteiger partial charge in [0.05, 0.1) is 0 Å². The average molecular weight is 151 g/mol. The van der Waals surface area contributed by atoms with Gasteiger partial charge in [0.15, 0.2) is 5.82 Å². The largest absolute Gasteiger partial charge is 0.381 e. The summed E-state index contributed by atoms with van der Waals surface area (Å²) >= 11 is 0. The van der Waals surface area contributed by atoms with Gasteiger partial charge in [-0.3, -0.25) is 0 Å². The van der Waals surface area contributed by atoms with E-state index in [1.54, 1.807) is 14.1 Å². The van der Waals surface area contributed by atoms with Gasteiger partial charge in [0.1, 0.15) is 17.5 Å². The lowest BCUT2D eigenvalue weighted by Gasteiger charge is -1.97. The van der Waals surface area contributed by atoms with Crippen LogP contribution in [-0.2, 0) is 7.05 Å². The van der Waals surface area contributed by atoms with Crippen LogP contribution in [0.3, 0.4) is 0 Å². The number of nitrogens with two attached hydrogens (primary N) is 1. The molecule has 1 aromatic rings. The molecule has 58 valence electrons. The Labute approximate surface area is 64.4 Å². The normalized spacial score (nSPS) is 9.18. The Balaban J connectivity index is 3.31. The van der Waals surface area contributed by atoms with Gasteiger partial charge in [-0.25, -0.2) is 4.68 Å². The van der Waals surface area contributed by atoms with Crippen LogP contribution in [0.4, 0.5) is 11.6 Å². The second-order valence-electron chi connectivity index (χ2n) is 2.09. The first-order valence-corrected chi connectivity index (χ1v) is 3.11. The minimum Gasteiger partial charge on any atom is -0.381 e. The molecule has 5 nitrogen and oxygen atoms in total. The highest BCUT2D eigenvalue weighted by Gasteiger charge is 2.10. The van der Waals surface area contributed by atoms with Gasteiger partial charge in [-0.05, 0) is 0 Å². The summed E-state index contributed by atoms with van der Waals surface area (Å²) in [7, 11) is 3.44. The summed E-state index contributed by atoms with van der Waals surface area (Å²) in [6.45, 7) is 0. The number of nitrogens with zero attached hydrogens (tertiary/aromatic N) is 3. The molecule has 3 N–H and O–H groups in total. The SMILES string of the molecule is CNc1c(C#N)c(N)nn1C. The van der Waals surface area contributed by atoms with Crippen molar-refractivity contribution >= 4 is 11.6 Å². The highest BCUT2D eigenvalue weighted by molar-refractivity contribution is 5.63. The van der Waals surface area contributed by atoms with Gasteiger partial charge in [0.2, 0.25) is 0 Å². The van der Waals surface area contributed by atoms with E-state index in [2.05, 4.69) is 10.4 Å². The van der Waals surface area contributed by atoms with Crippen LogP contribution in [0.2, 0.25) is 0 Å². The van der Waals surface area contributed by atoms with Crippen LogP contribution >= 0.6 is 0 Å². The summed E-state index contributed by atoms with van der Waals surface area (Å²) < 4.78 is 1.54. The quantitative estimate of drug-likeness (QED) is 0.588. The Kier molecular flexibility index (Phi) is 1.68. The summed E-state index contributed by atoms with van der Waals surface area (Å²) in [5.41, 5.74) is 5.83. The number of aromatic nitrogens is 2. The first-order valence-electron chi connectivity index (χ1n) is 3.11. The van der Waals surface area contributed by atoms with Crippen molar-refractivity contribution in [3.63, 3.8) is 0 Å². The number of anilines is 2. The molecule has 0 atom stereocenters. The molecule has 0 aromatic carbocycles. The maximum Gasteiger partial charge on any atom is 0.165 e. The second-order valence-corrected chi connectivity index (χ2v) is 2.09. The van der Waals surface area contributed by atoms with Crippen molar-refractivity contribution < 1.29 is 0 Å². The Hall–Kier alpha value is -1.70. The minimum atomic E-state index is 0.263. The number of nitrogen functional groups attached to an aromatic ring is 1. The van der Waals surface area contributed by atoms with E-state index in [9.17, 15) is 0 Å². The minimum absolute atomic E-state index is 0.263. The van der Waals surface area contributed by atoms with Gasteiger partial charge in [-0.2, -0.15) is 10.4 Å². The number of aryl methyl sites for hydroxylation is 1. The fourth-order valence-electron chi connectivity index (χ4n) is 0.942. The van der Waals surface area contributed by atoms with Crippen LogP contribution in [0.25, 0.3) is 0 Å². The van der Waals surface area contributed by atoms with Crippen molar-refractivity contribution in [3.05, 3.63) is 5.56 Å². The standard InChI is InChI=1S/C6H9N5/c1-9-6-4(3-7)5(8)10-11(6)2/h9H,1-2H3,(H2,8,10). The Morgan fingerprint density at radius 2 is 2.36 bits per heavy atom. The summed E-state index contributed by atoms with van der Waals surface area (Å²) in [6.07, 6.45) is 0. The van der Waals surface area contributed by atoms with Crippen LogP contribution < -0.4 is 11.1 Å². The first-order chi connectivity index (χ1) is 5.20. The average Bonchev–Trinajstić information content (AvgIpc) is 2.24. The third kappa shape index (κ3) is 0.984. The van der Waals surface area contributed by atoms with E-state index in [4.69, 9.17) is 11.0 Å². The maximum absolute atomic E-state index is 8.62. The van der Waals surface area contributed by atoms with Crippen LogP contribution in [0, 0.1) is 11.3 Å². The monoisotopic (exact) mass is 151 g/mol.